The Balaban J connectivity index is 2.55. The Labute approximate surface area is 186 Å². The van der Waals surface area contributed by atoms with Crippen molar-refractivity contribution in [3.63, 3.8) is 0 Å². The number of halogens is 3. The van der Waals surface area contributed by atoms with E-state index in [1.807, 2.05) is 0 Å². The van der Waals surface area contributed by atoms with Gasteiger partial charge in [0, 0.05) is 18.6 Å². The number of esters is 2. The number of alkyl halides is 3. The zero-order valence-corrected chi connectivity index (χ0v) is 17.8. The molecule has 0 spiro atoms. The number of nitro benzene ring substituents is 1. The van der Waals surface area contributed by atoms with E-state index >= 15 is 0 Å². The van der Waals surface area contributed by atoms with Crippen molar-refractivity contribution in [1.82, 2.24) is 0 Å². The van der Waals surface area contributed by atoms with Gasteiger partial charge in [0.1, 0.15) is 5.75 Å². The smallest absolute Gasteiger partial charge is 0.417 e. The van der Waals surface area contributed by atoms with Crippen LogP contribution in [0.4, 0.5) is 18.9 Å². The maximum absolute atomic E-state index is 13.6. The molecule has 2 rings (SSSR count). The molecule has 12 heteroatoms. The number of hydrogen-bond acceptors (Lipinski definition) is 8. The third-order valence-electron chi connectivity index (χ3n) is 4.41. The molecule has 0 fully saturated rings. The highest BCUT2D eigenvalue weighted by Gasteiger charge is 2.39. The number of methoxy groups -OCH3 is 2. The van der Waals surface area contributed by atoms with E-state index in [9.17, 15) is 32.9 Å². The summed E-state index contributed by atoms with van der Waals surface area (Å²) in [7, 11) is 2.29. The van der Waals surface area contributed by atoms with E-state index in [-0.39, 0.29) is 13.0 Å². The van der Waals surface area contributed by atoms with Crippen LogP contribution >= 0.6 is 0 Å². The monoisotopic (exact) mass is 471 g/mol. The molecule has 0 aliphatic carbocycles. The Hall–Kier alpha value is -3.83. The summed E-state index contributed by atoms with van der Waals surface area (Å²) in [6, 6.07) is 7.05. The van der Waals surface area contributed by atoms with Gasteiger partial charge in [0.25, 0.3) is 0 Å². The maximum Gasteiger partial charge on any atom is 0.417 e. The van der Waals surface area contributed by atoms with Crippen LogP contribution in [0.2, 0.25) is 0 Å². The molecule has 0 aliphatic heterocycles. The van der Waals surface area contributed by atoms with Crippen molar-refractivity contribution in [2.45, 2.75) is 25.6 Å². The fourth-order valence-electron chi connectivity index (χ4n) is 2.86. The molecule has 0 N–H and O–H groups in total. The number of nitro groups is 1. The van der Waals surface area contributed by atoms with Gasteiger partial charge in [-0.1, -0.05) is 12.1 Å². The van der Waals surface area contributed by atoms with E-state index in [1.54, 1.807) is 24.3 Å². The minimum atomic E-state index is -5.06. The summed E-state index contributed by atoms with van der Waals surface area (Å²) < 4.78 is 60.3. The molecule has 33 heavy (non-hydrogen) atoms. The van der Waals surface area contributed by atoms with Crippen molar-refractivity contribution in [2.24, 2.45) is 0 Å². The van der Waals surface area contributed by atoms with Crippen molar-refractivity contribution in [2.75, 3.05) is 20.8 Å². The number of hydrogen-bond donors (Lipinski definition) is 0. The van der Waals surface area contributed by atoms with Gasteiger partial charge in [-0.2, -0.15) is 13.2 Å². The van der Waals surface area contributed by atoms with Gasteiger partial charge in [-0.25, -0.2) is 9.59 Å². The summed E-state index contributed by atoms with van der Waals surface area (Å²) in [5, 5.41) is 11.5. The second kappa shape index (κ2) is 10.7. The van der Waals surface area contributed by atoms with Crippen LogP contribution in [0.1, 0.15) is 28.4 Å². The van der Waals surface area contributed by atoms with Gasteiger partial charge >= 0.3 is 23.8 Å². The molecule has 0 aliphatic rings. The van der Waals surface area contributed by atoms with E-state index in [0.717, 1.165) is 7.11 Å². The molecule has 0 saturated heterocycles. The molecule has 9 nitrogen and oxygen atoms in total. The van der Waals surface area contributed by atoms with Crippen LogP contribution in [0.5, 0.6) is 11.5 Å². The number of nitrogens with zero attached hydrogens (tertiary/aromatic N) is 1. The maximum atomic E-state index is 13.6. The number of rotatable bonds is 9. The highest BCUT2D eigenvalue weighted by Crippen LogP contribution is 2.40. The molecular formula is C21H20F3NO8. The van der Waals surface area contributed by atoms with Crippen molar-refractivity contribution in [3.05, 3.63) is 63.2 Å². The lowest BCUT2D eigenvalue weighted by Gasteiger charge is -2.20. The minimum absolute atomic E-state index is 0.0571. The number of ether oxygens (including phenoxy) is 4. The molecule has 0 unspecified atom stereocenters. The average molecular weight is 471 g/mol. The summed E-state index contributed by atoms with van der Waals surface area (Å²) in [4.78, 5) is 34.7. The Morgan fingerprint density at radius 2 is 1.76 bits per heavy atom. The highest BCUT2D eigenvalue weighted by atomic mass is 19.4. The molecule has 0 aromatic heterocycles. The predicted octanol–water partition coefficient (Wildman–Crippen LogP) is 3.96. The number of carbonyl (C=O) groups excluding carboxylic acids is 2. The quantitative estimate of drug-likeness (QED) is 0.307. The van der Waals surface area contributed by atoms with Crippen molar-refractivity contribution >= 4 is 17.6 Å². The Kier molecular flexibility index (Phi) is 8.21. The standard InChI is InChI=1S/C21H20F3NO8/c1-4-32-20(27)18(9-12-5-7-13(30-2)8-6-12)33-17-11-15(21(22,23)24)14(19(26)31-3)10-16(17)25(28)29/h5-8,10-11,18H,4,9H2,1-3H3/t18-/m0/s1. The highest BCUT2D eigenvalue weighted by molar-refractivity contribution is 5.92. The zero-order valence-electron chi connectivity index (χ0n) is 17.8. The predicted molar refractivity (Wildman–Crippen MR) is 107 cm³/mol. The Morgan fingerprint density at radius 1 is 1.12 bits per heavy atom. The van der Waals surface area contributed by atoms with E-state index in [4.69, 9.17) is 14.2 Å². The molecule has 0 radical (unpaired) electrons. The fraction of sp³-hybridized carbons (Fsp3) is 0.333. The second-order valence-corrected chi connectivity index (χ2v) is 6.52. The first-order valence-electron chi connectivity index (χ1n) is 9.45. The molecule has 0 saturated carbocycles. The Morgan fingerprint density at radius 3 is 2.24 bits per heavy atom. The van der Waals surface area contributed by atoms with E-state index in [2.05, 4.69) is 4.74 Å². The van der Waals surface area contributed by atoms with Crippen molar-refractivity contribution in [3.8, 4) is 11.5 Å². The first-order chi connectivity index (χ1) is 15.5. The third kappa shape index (κ3) is 6.34. The SMILES string of the molecule is CCOC(=O)[C@H](Cc1ccc(OC)cc1)Oc1cc(C(F)(F)F)c(C(=O)OC)cc1[N+](=O)[O-]. The lowest BCUT2D eigenvalue weighted by molar-refractivity contribution is -0.386. The van der Waals surface area contributed by atoms with Crippen LogP contribution in [0.25, 0.3) is 0 Å². The summed E-state index contributed by atoms with van der Waals surface area (Å²) in [6.07, 6.45) is -6.74. The van der Waals surface area contributed by atoms with Crippen LogP contribution in [0.3, 0.4) is 0 Å². The lowest BCUT2D eigenvalue weighted by atomic mass is 10.0. The summed E-state index contributed by atoms with van der Waals surface area (Å²) in [5.41, 5.74) is -3.00. The van der Waals surface area contributed by atoms with Crippen LogP contribution in [0, 0.1) is 10.1 Å². The van der Waals surface area contributed by atoms with Gasteiger partial charge in [0.15, 0.2) is 11.9 Å². The third-order valence-corrected chi connectivity index (χ3v) is 4.41. The zero-order chi connectivity index (χ0) is 24.8. The molecule has 178 valence electrons. The van der Waals surface area contributed by atoms with Gasteiger partial charge in [0.2, 0.25) is 0 Å². The number of carbonyl (C=O) groups is 2. The largest absolute Gasteiger partial charge is 0.497 e. The summed E-state index contributed by atoms with van der Waals surface area (Å²) in [6.45, 7) is 1.45. The molecule has 2 aromatic carbocycles. The van der Waals surface area contributed by atoms with Gasteiger partial charge < -0.3 is 18.9 Å². The first-order valence-corrected chi connectivity index (χ1v) is 9.45. The molecule has 0 amide bonds. The van der Waals surface area contributed by atoms with E-state index in [0.29, 0.717) is 23.4 Å². The Bertz CT molecular complexity index is 1020. The number of benzene rings is 2. The van der Waals surface area contributed by atoms with Crippen LogP contribution in [0.15, 0.2) is 36.4 Å². The summed E-state index contributed by atoms with van der Waals surface area (Å²) >= 11 is 0. The minimum Gasteiger partial charge on any atom is -0.497 e. The molecular weight excluding hydrogens is 451 g/mol. The average Bonchev–Trinajstić information content (AvgIpc) is 2.77. The van der Waals surface area contributed by atoms with Gasteiger partial charge in [-0.05, 0) is 24.6 Å². The first kappa shape index (κ1) is 25.4. The second-order valence-electron chi connectivity index (χ2n) is 6.52. The fourth-order valence-corrected chi connectivity index (χ4v) is 2.86. The lowest BCUT2D eigenvalue weighted by Crippen LogP contribution is -2.32. The van der Waals surface area contributed by atoms with Crippen molar-refractivity contribution in [1.29, 1.82) is 0 Å². The van der Waals surface area contributed by atoms with Gasteiger partial charge in [0.05, 0.1) is 36.9 Å². The topological polar surface area (TPSA) is 114 Å². The van der Waals surface area contributed by atoms with E-state index in [1.165, 1.54) is 14.0 Å². The van der Waals surface area contributed by atoms with Crippen molar-refractivity contribution < 1.29 is 46.6 Å². The summed E-state index contributed by atoms with van der Waals surface area (Å²) in [5.74, 6) is -2.69. The molecule has 0 bridgehead atoms. The normalized spacial score (nSPS) is 11.9. The molecule has 0 heterocycles. The van der Waals surface area contributed by atoms with Gasteiger partial charge in [-0.3, -0.25) is 10.1 Å². The van der Waals surface area contributed by atoms with Gasteiger partial charge in [-0.15, -0.1) is 0 Å². The van der Waals surface area contributed by atoms with Crippen LogP contribution in [-0.2, 0) is 26.9 Å². The molecule has 1 atom stereocenters. The molecule has 2 aromatic rings. The van der Waals surface area contributed by atoms with E-state index < -0.39 is 51.7 Å². The van der Waals surface area contributed by atoms with Crippen LogP contribution in [-0.4, -0.2) is 43.8 Å². The van der Waals surface area contributed by atoms with Crippen LogP contribution < -0.4 is 9.47 Å².